The molecule has 198 valence electrons. The summed E-state index contributed by atoms with van der Waals surface area (Å²) in [6.45, 7) is 4.09. The van der Waals surface area contributed by atoms with Crippen LogP contribution in [0.2, 0.25) is 0 Å². The molecule has 0 radical (unpaired) electrons. The lowest BCUT2D eigenvalue weighted by Gasteiger charge is -2.36. The van der Waals surface area contributed by atoms with Crippen molar-refractivity contribution in [2.45, 2.75) is 38.6 Å². The summed E-state index contributed by atoms with van der Waals surface area (Å²) in [5.41, 5.74) is 0.606. The van der Waals surface area contributed by atoms with E-state index in [-0.39, 0.29) is 60.7 Å². The minimum absolute atomic E-state index is 0.00755. The fourth-order valence-corrected chi connectivity index (χ4v) is 4.03. The molecule has 0 unspecified atom stereocenters. The largest absolute Gasteiger partial charge is 0.491 e. The number of likely N-dealkylation sites (N-methyl/N-ethyl adjacent to an activating group) is 1. The number of methoxy groups -OCH3 is 1. The zero-order valence-electron chi connectivity index (χ0n) is 20.7. The van der Waals surface area contributed by atoms with Crippen LogP contribution >= 0.6 is 0 Å². The molecule has 1 aromatic heterocycles. The number of carbonyl (C=O) groups is 2. The van der Waals surface area contributed by atoms with Crippen LogP contribution in [0.3, 0.4) is 0 Å². The fourth-order valence-electron chi connectivity index (χ4n) is 4.03. The first-order valence-electron chi connectivity index (χ1n) is 11.6. The summed E-state index contributed by atoms with van der Waals surface area (Å²) < 4.78 is 55.4. The van der Waals surface area contributed by atoms with Gasteiger partial charge >= 0.3 is 6.18 Å². The third kappa shape index (κ3) is 7.20. The number of rotatable bonds is 5. The monoisotopic (exact) mass is 512 g/mol. The van der Waals surface area contributed by atoms with Gasteiger partial charge in [-0.1, -0.05) is 12.1 Å². The van der Waals surface area contributed by atoms with Gasteiger partial charge in [0, 0.05) is 57.7 Å². The van der Waals surface area contributed by atoms with E-state index in [1.807, 2.05) is 6.92 Å². The van der Waals surface area contributed by atoms with Gasteiger partial charge in [-0.3, -0.25) is 14.5 Å². The number of benzene rings is 1. The van der Waals surface area contributed by atoms with Crippen molar-refractivity contribution in [3.63, 3.8) is 0 Å². The number of aromatic nitrogens is 1. The molecule has 9 nitrogen and oxygen atoms in total. The number of hydrogen-bond acceptors (Lipinski definition) is 7. The van der Waals surface area contributed by atoms with Crippen LogP contribution in [0.4, 0.5) is 18.9 Å². The first-order valence-corrected chi connectivity index (χ1v) is 11.6. The lowest BCUT2D eigenvalue weighted by Crippen LogP contribution is -2.47. The van der Waals surface area contributed by atoms with Crippen LogP contribution in [0.15, 0.2) is 35.0 Å². The summed E-state index contributed by atoms with van der Waals surface area (Å²) in [6, 6.07) is 5.61. The van der Waals surface area contributed by atoms with E-state index in [2.05, 4.69) is 10.5 Å². The SMILES string of the molecule is CO[C@@H]1CN(C)C(=O)c2ccc(NC(=O)c3ccno3)cc2OC[C@@H](C)N(CCC(F)(F)F)C[C@H]1C. The Morgan fingerprint density at radius 3 is 2.64 bits per heavy atom. The second-order valence-electron chi connectivity index (χ2n) is 9.00. The summed E-state index contributed by atoms with van der Waals surface area (Å²) >= 11 is 0. The predicted molar refractivity (Wildman–Crippen MR) is 125 cm³/mol. The molecule has 2 amide bonds. The minimum Gasteiger partial charge on any atom is -0.491 e. The Hall–Kier alpha value is -3.12. The summed E-state index contributed by atoms with van der Waals surface area (Å²) in [5.74, 6) is -0.781. The Bertz CT molecular complexity index is 1030. The number of carbonyl (C=O) groups excluding carboxylic acids is 2. The maximum absolute atomic E-state index is 13.2. The zero-order chi connectivity index (χ0) is 26.5. The molecule has 2 heterocycles. The van der Waals surface area contributed by atoms with Crippen LogP contribution in [0.25, 0.3) is 0 Å². The number of ether oxygens (including phenoxy) is 2. The lowest BCUT2D eigenvalue weighted by molar-refractivity contribution is -0.140. The van der Waals surface area contributed by atoms with Crippen molar-refractivity contribution in [3.05, 3.63) is 41.8 Å². The van der Waals surface area contributed by atoms with E-state index >= 15 is 0 Å². The highest BCUT2D eigenvalue weighted by atomic mass is 19.4. The highest BCUT2D eigenvalue weighted by Gasteiger charge is 2.32. The first kappa shape index (κ1) is 27.5. The van der Waals surface area contributed by atoms with Gasteiger partial charge in [0.1, 0.15) is 12.4 Å². The van der Waals surface area contributed by atoms with Crippen LogP contribution < -0.4 is 10.1 Å². The van der Waals surface area contributed by atoms with Crippen molar-refractivity contribution in [2.75, 3.05) is 45.7 Å². The van der Waals surface area contributed by atoms with Crippen LogP contribution in [0.1, 0.15) is 41.2 Å². The van der Waals surface area contributed by atoms with Crippen molar-refractivity contribution >= 4 is 17.5 Å². The summed E-state index contributed by atoms with van der Waals surface area (Å²) in [4.78, 5) is 28.8. The van der Waals surface area contributed by atoms with Gasteiger partial charge in [-0.15, -0.1) is 0 Å². The molecule has 3 rings (SSSR count). The van der Waals surface area contributed by atoms with E-state index in [0.717, 1.165) is 0 Å². The molecule has 2 aromatic rings. The van der Waals surface area contributed by atoms with Gasteiger partial charge in [0.25, 0.3) is 11.8 Å². The second kappa shape index (κ2) is 11.7. The maximum Gasteiger partial charge on any atom is 0.390 e. The minimum atomic E-state index is -4.29. The van der Waals surface area contributed by atoms with Gasteiger partial charge in [0.2, 0.25) is 5.76 Å². The fraction of sp³-hybridized carbons (Fsp3) is 0.542. The molecule has 3 atom stereocenters. The summed E-state index contributed by atoms with van der Waals surface area (Å²) in [7, 11) is 3.15. The van der Waals surface area contributed by atoms with E-state index in [4.69, 9.17) is 14.0 Å². The molecule has 0 fully saturated rings. The molecule has 1 aliphatic rings. The highest BCUT2D eigenvalue weighted by Crippen LogP contribution is 2.28. The van der Waals surface area contributed by atoms with Crippen LogP contribution in [-0.2, 0) is 4.74 Å². The number of nitrogens with zero attached hydrogens (tertiary/aromatic N) is 3. The maximum atomic E-state index is 13.2. The molecule has 0 bridgehead atoms. The molecule has 0 saturated heterocycles. The molecule has 1 N–H and O–H groups in total. The number of anilines is 1. The van der Waals surface area contributed by atoms with Crippen molar-refractivity contribution in [1.29, 1.82) is 0 Å². The smallest absolute Gasteiger partial charge is 0.390 e. The zero-order valence-corrected chi connectivity index (χ0v) is 20.7. The highest BCUT2D eigenvalue weighted by molar-refractivity contribution is 6.03. The number of fused-ring (bicyclic) bond motifs is 1. The van der Waals surface area contributed by atoms with E-state index in [9.17, 15) is 22.8 Å². The Morgan fingerprint density at radius 1 is 1.25 bits per heavy atom. The van der Waals surface area contributed by atoms with Crippen LogP contribution in [0.5, 0.6) is 5.75 Å². The van der Waals surface area contributed by atoms with Gasteiger partial charge in [-0.25, -0.2) is 0 Å². The molecule has 0 saturated carbocycles. The molecule has 0 aliphatic carbocycles. The van der Waals surface area contributed by atoms with E-state index in [1.54, 1.807) is 24.9 Å². The molecule has 1 aromatic carbocycles. The molecular weight excluding hydrogens is 481 g/mol. The molecule has 36 heavy (non-hydrogen) atoms. The van der Waals surface area contributed by atoms with Crippen LogP contribution in [-0.4, -0.2) is 85.5 Å². The Morgan fingerprint density at radius 2 is 2.00 bits per heavy atom. The number of alkyl halides is 3. The molecule has 1 aliphatic heterocycles. The van der Waals surface area contributed by atoms with E-state index in [0.29, 0.717) is 12.2 Å². The van der Waals surface area contributed by atoms with Gasteiger partial charge in [0.05, 0.1) is 24.3 Å². The molecule has 0 spiro atoms. The van der Waals surface area contributed by atoms with Crippen molar-refractivity contribution in [1.82, 2.24) is 15.0 Å². The van der Waals surface area contributed by atoms with Crippen molar-refractivity contribution in [3.8, 4) is 5.75 Å². The number of hydrogen-bond donors (Lipinski definition) is 1. The molecule has 12 heteroatoms. The van der Waals surface area contributed by atoms with Crippen LogP contribution in [0, 0.1) is 5.92 Å². The van der Waals surface area contributed by atoms with Gasteiger partial charge in [0.15, 0.2) is 0 Å². The van der Waals surface area contributed by atoms with Crippen molar-refractivity contribution < 1.29 is 36.8 Å². The third-order valence-corrected chi connectivity index (χ3v) is 6.18. The number of nitrogens with one attached hydrogen (secondary N) is 1. The lowest BCUT2D eigenvalue weighted by atomic mass is 10.0. The summed E-state index contributed by atoms with van der Waals surface area (Å²) in [5, 5.41) is 6.15. The van der Waals surface area contributed by atoms with E-state index in [1.165, 1.54) is 36.4 Å². The Kier molecular flexibility index (Phi) is 8.96. The quantitative estimate of drug-likeness (QED) is 0.653. The van der Waals surface area contributed by atoms with Crippen molar-refractivity contribution in [2.24, 2.45) is 5.92 Å². The van der Waals surface area contributed by atoms with Gasteiger partial charge in [-0.2, -0.15) is 13.2 Å². The third-order valence-electron chi connectivity index (χ3n) is 6.18. The first-order chi connectivity index (χ1) is 17.0. The standard InChI is InChI=1S/C24H31F3N4O5/c1-15-12-31(10-8-24(25,26)27)16(2)14-35-20-11-17(29-22(32)19-7-9-28-36-19)5-6-18(20)23(33)30(3)13-21(15)34-4/h5-7,9,11,15-16,21H,8,10,12-14H2,1-4H3,(H,29,32)/t15-,16-,21-/m1/s1. The average Bonchev–Trinajstić information content (AvgIpc) is 3.37. The Labute approximate surface area is 207 Å². The summed E-state index contributed by atoms with van der Waals surface area (Å²) in [6.07, 6.45) is -4.28. The predicted octanol–water partition coefficient (Wildman–Crippen LogP) is 3.69. The Balaban J connectivity index is 1.90. The second-order valence-corrected chi connectivity index (χ2v) is 9.00. The number of amides is 2. The van der Waals surface area contributed by atoms with Gasteiger partial charge < -0.3 is 24.2 Å². The normalized spacial score (nSPS) is 22.2. The van der Waals surface area contributed by atoms with Gasteiger partial charge in [-0.05, 0) is 25.0 Å². The number of halogens is 3. The topological polar surface area (TPSA) is 97.1 Å². The average molecular weight is 513 g/mol. The molecular formula is C24H31F3N4O5. The van der Waals surface area contributed by atoms with E-state index < -0.39 is 18.5 Å².